The molecule has 1 aliphatic heterocycles. The smallest absolute Gasteiger partial charge is 0.317 e. The van der Waals surface area contributed by atoms with Gasteiger partial charge in [-0.15, -0.1) is 0 Å². The lowest BCUT2D eigenvalue weighted by Gasteiger charge is -2.35. The molecule has 1 fully saturated rings. The summed E-state index contributed by atoms with van der Waals surface area (Å²) < 4.78 is 31.6. The van der Waals surface area contributed by atoms with Crippen LogP contribution in [-0.4, -0.2) is 44.0 Å². The summed E-state index contributed by atoms with van der Waals surface area (Å²) in [6, 6.07) is 21.0. The number of pyridine rings is 1. The van der Waals surface area contributed by atoms with E-state index in [1.165, 1.54) is 12.1 Å². The molecule has 0 unspecified atom stereocenters. The van der Waals surface area contributed by atoms with Crippen molar-refractivity contribution in [1.29, 1.82) is 0 Å². The number of imidazole rings is 1. The lowest BCUT2D eigenvalue weighted by atomic mass is 9.91. The minimum Gasteiger partial charge on any atom is -0.459 e. The first-order valence-corrected chi connectivity index (χ1v) is 13.3. The maximum atomic E-state index is 13.7. The molecule has 10 nitrogen and oxygen atoms in total. The van der Waals surface area contributed by atoms with Crippen molar-refractivity contribution in [3.63, 3.8) is 0 Å². The Labute approximate surface area is 241 Å². The molecule has 2 N–H and O–H groups in total. The van der Waals surface area contributed by atoms with Crippen LogP contribution in [0, 0.1) is 11.2 Å². The second-order valence-corrected chi connectivity index (χ2v) is 10.1. The van der Waals surface area contributed by atoms with Gasteiger partial charge in [-0.2, -0.15) is 4.98 Å². The van der Waals surface area contributed by atoms with Crippen molar-refractivity contribution in [2.24, 2.45) is 5.41 Å². The highest BCUT2D eigenvalue weighted by Crippen LogP contribution is 2.36. The molecule has 0 saturated carbocycles. The van der Waals surface area contributed by atoms with Crippen LogP contribution in [0.2, 0.25) is 0 Å². The van der Waals surface area contributed by atoms with Crippen molar-refractivity contribution in [2.75, 3.05) is 18.5 Å². The highest BCUT2D eigenvalue weighted by molar-refractivity contribution is 5.95. The van der Waals surface area contributed by atoms with Crippen molar-refractivity contribution in [3.05, 3.63) is 109 Å². The fraction of sp³-hybridized carbons (Fsp3) is 0.194. The highest BCUT2D eigenvalue weighted by atomic mass is 19.1. The summed E-state index contributed by atoms with van der Waals surface area (Å²) in [4.78, 5) is 33.8. The van der Waals surface area contributed by atoms with Gasteiger partial charge in [-0.25, -0.2) is 14.4 Å². The first-order valence-electron chi connectivity index (χ1n) is 13.3. The number of hydrogen-bond donors (Lipinski definition) is 2. The summed E-state index contributed by atoms with van der Waals surface area (Å²) in [6.45, 7) is 2.28. The Morgan fingerprint density at radius 3 is 2.48 bits per heavy atom. The molecule has 11 heteroatoms. The van der Waals surface area contributed by atoms with E-state index in [1.54, 1.807) is 55.8 Å². The monoisotopic (exact) mass is 566 g/mol. The molecule has 1 aliphatic rings. The fourth-order valence-electron chi connectivity index (χ4n) is 4.39. The number of hydrogen-bond acceptors (Lipinski definition) is 8. The van der Waals surface area contributed by atoms with E-state index in [1.807, 2.05) is 30.3 Å². The van der Waals surface area contributed by atoms with Crippen LogP contribution in [0.1, 0.15) is 24.6 Å². The van der Waals surface area contributed by atoms with Gasteiger partial charge < -0.3 is 24.5 Å². The standard InChI is InChI=1S/C31H27FN6O4/c1-31(29(39)35-23-11-14-33-15-12-23)18-41-28(42-19-31)27-37-25(21-7-9-22(32)10-8-21)26(38-27)24-13-16-34-30(36-24)40-17-20-5-3-2-4-6-20/h2-16,28H,17-19H2,1H3,(H,37,38)(H,33,35,39). The van der Waals surface area contributed by atoms with E-state index in [0.29, 0.717) is 40.8 Å². The van der Waals surface area contributed by atoms with Gasteiger partial charge in [-0.1, -0.05) is 30.3 Å². The molecule has 4 heterocycles. The topological polar surface area (TPSA) is 124 Å². The van der Waals surface area contributed by atoms with Gasteiger partial charge >= 0.3 is 6.01 Å². The Morgan fingerprint density at radius 1 is 1.00 bits per heavy atom. The largest absolute Gasteiger partial charge is 0.459 e. The Bertz CT molecular complexity index is 1660. The van der Waals surface area contributed by atoms with Crippen molar-refractivity contribution in [1.82, 2.24) is 24.9 Å². The van der Waals surface area contributed by atoms with Crippen molar-refractivity contribution >= 4 is 11.6 Å². The number of aromatic amines is 1. The van der Waals surface area contributed by atoms with E-state index in [9.17, 15) is 9.18 Å². The van der Waals surface area contributed by atoms with E-state index in [-0.39, 0.29) is 30.9 Å². The second-order valence-electron chi connectivity index (χ2n) is 10.1. The minimum absolute atomic E-state index is 0.0987. The lowest BCUT2D eigenvalue weighted by molar-refractivity contribution is -0.229. The van der Waals surface area contributed by atoms with Crippen LogP contribution >= 0.6 is 0 Å². The Balaban J connectivity index is 1.24. The number of amides is 1. The van der Waals surface area contributed by atoms with Crippen molar-refractivity contribution in [3.8, 4) is 28.7 Å². The summed E-state index contributed by atoms with van der Waals surface area (Å²) in [5.41, 5.74) is 2.95. The number of ether oxygens (including phenoxy) is 3. The molecule has 3 aromatic heterocycles. The number of halogens is 1. The minimum atomic E-state index is -0.924. The van der Waals surface area contributed by atoms with Gasteiger partial charge in [0.1, 0.15) is 12.4 Å². The molecule has 1 amide bonds. The van der Waals surface area contributed by atoms with Crippen LogP contribution in [0.5, 0.6) is 6.01 Å². The molecular weight excluding hydrogens is 539 g/mol. The number of carbonyl (C=O) groups excluding carboxylic acids is 1. The number of rotatable bonds is 8. The van der Waals surface area contributed by atoms with E-state index in [4.69, 9.17) is 19.2 Å². The third-order valence-corrected chi connectivity index (χ3v) is 6.76. The van der Waals surface area contributed by atoms with Crippen LogP contribution in [0.15, 0.2) is 91.4 Å². The number of H-pyrrole nitrogens is 1. The van der Waals surface area contributed by atoms with Gasteiger partial charge in [0.25, 0.3) is 0 Å². The molecule has 42 heavy (non-hydrogen) atoms. The number of benzene rings is 2. The Kier molecular flexibility index (Phi) is 7.67. The van der Waals surface area contributed by atoms with Gasteiger partial charge in [-0.3, -0.25) is 9.78 Å². The summed E-state index contributed by atoms with van der Waals surface area (Å²) in [5.74, 6) is -0.215. The average Bonchev–Trinajstić information content (AvgIpc) is 3.47. The van der Waals surface area contributed by atoms with Crippen LogP contribution in [0.3, 0.4) is 0 Å². The van der Waals surface area contributed by atoms with Gasteiger partial charge in [-0.05, 0) is 55.0 Å². The summed E-state index contributed by atoms with van der Waals surface area (Å²) in [5, 5.41) is 2.87. The zero-order valence-corrected chi connectivity index (χ0v) is 22.7. The SMILES string of the molecule is CC1(C(=O)Nc2ccncc2)COC(c2nc(-c3ccc(F)cc3)c(-c3ccnc(OCc4ccccc4)n3)[nH]2)OC1. The van der Waals surface area contributed by atoms with Crippen molar-refractivity contribution in [2.45, 2.75) is 19.8 Å². The van der Waals surface area contributed by atoms with Crippen LogP contribution in [-0.2, 0) is 20.9 Å². The number of carbonyl (C=O) groups is 1. The first kappa shape index (κ1) is 27.2. The molecule has 2 aromatic carbocycles. The quantitative estimate of drug-likeness (QED) is 0.258. The molecule has 6 rings (SSSR count). The normalized spacial score (nSPS) is 18.4. The second kappa shape index (κ2) is 11.9. The fourth-order valence-corrected chi connectivity index (χ4v) is 4.39. The zero-order valence-electron chi connectivity index (χ0n) is 22.7. The molecule has 0 atom stereocenters. The Morgan fingerprint density at radius 2 is 1.74 bits per heavy atom. The van der Waals surface area contributed by atoms with Gasteiger partial charge in [0.2, 0.25) is 12.2 Å². The number of aromatic nitrogens is 5. The van der Waals surface area contributed by atoms with E-state index >= 15 is 0 Å². The number of nitrogens with one attached hydrogen (secondary N) is 2. The molecule has 5 aromatic rings. The summed E-state index contributed by atoms with van der Waals surface area (Å²) >= 11 is 0. The molecule has 0 aliphatic carbocycles. The van der Waals surface area contributed by atoms with Gasteiger partial charge in [0, 0.05) is 29.8 Å². The van der Waals surface area contributed by atoms with Crippen LogP contribution in [0.4, 0.5) is 10.1 Å². The summed E-state index contributed by atoms with van der Waals surface area (Å²) in [6.07, 6.45) is 3.93. The number of anilines is 1. The van der Waals surface area contributed by atoms with E-state index < -0.39 is 11.7 Å². The molecule has 212 valence electrons. The average molecular weight is 567 g/mol. The maximum Gasteiger partial charge on any atom is 0.317 e. The molecule has 0 bridgehead atoms. The third kappa shape index (κ3) is 6.02. The van der Waals surface area contributed by atoms with Crippen LogP contribution < -0.4 is 10.1 Å². The molecule has 1 saturated heterocycles. The maximum absolute atomic E-state index is 13.7. The highest BCUT2D eigenvalue weighted by Gasteiger charge is 2.41. The van der Waals surface area contributed by atoms with Crippen molar-refractivity contribution < 1.29 is 23.4 Å². The third-order valence-electron chi connectivity index (χ3n) is 6.76. The van der Waals surface area contributed by atoms with Gasteiger partial charge in [0.15, 0.2) is 5.82 Å². The van der Waals surface area contributed by atoms with Crippen LogP contribution in [0.25, 0.3) is 22.6 Å². The summed E-state index contributed by atoms with van der Waals surface area (Å²) in [7, 11) is 0. The number of nitrogens with zero attached hydrogens (tertiary/aromatic N) is 4. The molecule has 0 radical (unpaired) electrons. The first-order chi connectivity index (χ1) is 20.5. The van der Waals surface area contributed by atoms with E-state index in [0.717, 1.165) is 5.56 Å². The van der Waals surface area contributed by atoms with E-state index in [2.05, 4.69) is 25.3 Å². The van der Waals surface area contributed by atoms with Gasteiger partial charge in [0.05, 0.1) is 35.7 Å². The zero-order chi connectivity index (χ0) is 28.9. The molecular formula is C31H27FN6O4. The predicted octanol–water partition coefficient (Wildman–Crippen LogP) is 5.34. The molecule has 0 spiro atoms. The lowest BCUT2D eigenvalue weighted by Crippen LogP contribution is -2.45. The predicted molar refractivity (Wildman–Crippen MR) is 151 cm³/mol. The Hall–Kier alpha value is -5.00.